The van der Waals surface area contributed by atoms with Crippen molar-refractivity contribution in [3.8, 4) is 0 Å². The van der Waals surface area contributed by atoms with Crippen LogP contribution < -0.4 is 0 Å². The SMILES string of the molecule is O=C(c1ccc[nH]1)N1CCN(Cc2cncn2C2CCCCC2)CC1. The molecule has 25 heavy (non-hydrogen) atoms. The van der Waals surface area contributed by atoms with Crippen molar-refractivity contribution in [1.82, 2.24) is 24.3 Å². The first-order chi connectivity index (χ1) is 12.3. The van der Waals surface area contributed by atoms with E-state index >= 15 is 0 Å². The van der Waals surface area contributed by atoms with Crippen molar-refractivity contribution < 1.29 is 4.79 Å². The van der Waals surface area contributed by atoms with E-state index < -0.39 is 0 Å². The van der Waals surface area contributed by atoms with Crippen LogP contribution in [0, 0.1) is 0 Å². The number of aromatic amines is 1. The monoisotopic (exact) mass is 341 g/mol. The summed E-state index contributed by atoms with van der Waals surface area (Å²) in [6.45, 7) is 4.34. The average Bonchev–Trinajstić information content (AvgIpc) is 3.35. The third-order valence-electron chi connectivity index (χ3n) is 5.59. The molecule has 2 aliphatic rings. The number of rotatable bonds is 4. The van der Waals surface area contributed by atoms with E-state index in [9.17, 15) is 4.79 Å². The molecule has 6 nitrogen and oxygen atoms in total. The first-order valence-electron chi connectivity index (χ1n) is 9.47. The van der Waals surface area contributed by atoms with Crippen LogP contribution in [0.15, 0.2) is 30.9 Å². The van der Waals surface area contributed by atoms with E-state index in [2.05, 4.69) is 19.4 Å². The molecule has 0 bridgehead atoms. The Morgan fingerprint density at radius 3 is 2.68 bits per heavy atom. The number of carbonyl (C=O) groups is 1. The van der Waals surface area contributed by atoms with Gasteiger partial charge in [-0.1, -0.05) is 19.3 Å². The van der Waals surface area contributed by atoms with Crippen LogP contribution in [0.25, 0.3) is 0 Å². The Morgan fingerprint density at radius 1 is 1.16 bits per heavy atom. The summed E-state index contributed by atoms with van der Waals surface area (Å²) in [5.41, 5.74) is 2.00. The molecule has 6 heteroatoms. The van der Waals surface area contributed by atoms with Crippen molar-refractivity contribution >= 4 is 5.91 Å². The molecule has 1 amide bonds. The Kier molecular flexibility index (Phi) is 4.88. The summed E-state index contributed by atoms with van der Waals surface area (Å²) in [6, 6.07) is 4.34. The van der Waals surface area contributed by atoms with Gasteiger partial charge in [0.25, 0.3) is 5.91 Å². The van der Waals surface area contributed by atoms with Gasteiger partial charge in [0.05, 0.1) is 12.0 Å². The molecule has 0 aromatic carbocycles. The second-order valence-corrected chi connectivity index (χ2v) is 7.24. The Morgan fingerprint density at radius 2 is 1.96 bits per heavy atom. The van der Waals surface area contributed by atoms with Gasteiger partial charge in [-0.2, -0.15) is 0 Å². The first-order valence-corrected chi connectivity index (χ1v) is 9.47. The Hall–Kier alpha value is -2.08. The van der Waals surface area contributed by atoms with Gasteiger partial charge < -0.3 is 14.5 Å². The third kappa shape index (κ3) is 3.63. The zero-order valence-corrected chi connectivity index (χ0v) is 14.7. The average molecular weight is 341 g/mol. The molecule has 2 fully saturated rings. The maximum Gasteiger partial charge on any atom is 0.270 e. The van der Waals surface area contributed by atoms with Gasteiger partial charge in [0.2, 0.25) is 0 Å². The van der Waals surface area contributed by atoms with Crippen LogP contribution in [0.2, 0.25) is 0 Å². The summed E-state index contributed by atoms with van der Waals surface area (Å²) >= 11 is 0. The molecule has 134 valence electrons. The molecule has 1 saturated carbocycles. The largest absolute Gasteiger partial charge is 0.357 e. The standard InChI is InChI=1S/C19H27N5O/c25-19(18-7-4-8-21-18)23-11-9-22(10-12-23)14-17-13-20-15-24(17)16-5-2-1-3-6-16/h4,7-8,13,15-16,21H,1-3,5-6,9-12,14H2. The fraction of sp³-hybridized carbons (Fsp3) is 0.579. The normalized spacial score (nSPS) is 20.1. The lowest BCUT2D eigenvalue weighted by Crippen LogP contribution is -2.48. The van der Waals surface area contributed by atoms with Crippen molar-refractivity contribution in [3.05, 3.63) is 42.2 Å². The number of carbonyl (C=O) groups excluding carboxylic acids is 1. The Balaban J connectivity index is 1.33. The van der Waals surface area contributed by atoms with Crippen LogP contribution in [0.3, 0.4) is 0 Å². The number of H-pyrrole nitrogens is 1. The fourth-order valence-corrected chi connectivity index (χ4v) is 4.11. The predicted octanol–water partition coefficient (Wildman–Crippen LogP) is 2.67. The number of imidazole rings is 1. The number of nitrogens with zero attached hydrogens (tertiary/aromatic N) is 4. The van der Waals surface area contributed by atoms with Crippen molar-refractivity contribution in [1.29, 1.82) is 0 Å². The smallest absolute Gasteiger partial charge is 0.270 e. The van der Waals surface area contributed by atoms with Crippen molar-refractivity contribution in [2.45, 2.75) is 44.7 Å². The highest BCUT2D eigenvalue weighted by Crippen LogP contribution is 2.29. The van der Waals surface area contributed by atoms with Gasteiger partial charge in [-0.15, -0.1) is 0 Å². The molecule has 2 aromatic heterocycles. The molecule has 0 atom stereocenters. The summed E-state index contributed by atoms with van der Waals surface area (Å²) in [4.78, 5) is 24.2. The van der Waals surface area contributed by atoms with Crippen LogP contribution in [0.1, 0.15) is 54.3 Å². The molecule has 1 aliphatic carbocycles. The van der Waals surface area contributed by atoms with Crippen molar-refractivity contribution in [2.24, 2.45) is 0 Å². The fourth-order valence-electron chi connectivity index (χ4n) is 4.11. The van der Waals surface area contributed by atoms with Crippen molar-refractivity contribution in [2.75, 3.05) is 26.2 Å². The molecule has 1 aliphatic heterocycles. The summed E-state index contributed by atoms with van der Waals surface area (Å²) in [7, 11) is 0. The number of aromatic nitrogens is 3. The maximum absolute atomic E-state index is 12.4. The molecule has 1 saturated heterocycles. The summed E-state index contributed by atoms with van der Waals surface area (Å²) in [5.74, 6) is 0.108. The lowest BCUT2D eigenvalue weighted by atomic mass is 9.95. The molecule has 0 spiro atoms. The highest BCUT2D eigenvalue weighted by Gasteiger charge is 2.24. The van der Waals surface area contributed by atoms with Crippen LogP contribution in [-0.2, 0) is 6.54 Å². The van der Waals surface area contributed by atoms with Gasteiger partial charge in [-0.25, -0.2) is 4.98 Å². The zero-order valence-electron chi connectivity index (χ0n) is 14.7. The van der Waals surface area contributed by atoms with E-state index in [1.807, 2.05) is 29.6 Å². The molecular weight excluding hydrogens is 314 g/mol. The second kappa shape index (κ2) is 7.44. The molecule has 0 radical (unpaired) electrons. The minimum absolute atomic E-state index is 0.108. The van der Waals surface area contributed by atoms with Crippen LogP contribution in [0.4, 0.5) is 0 Å². The maximum atomic E-state index is 12.4. The minimum atomic E-state index is 0.108. The van der Waals surface area contributed by atoms with Gasteiger partial charge >= 0.3 is 0 Å². The van der Waals surface area contributed by atoms with E-state index in [0.717, 1.165) is 32.7 Å². The minimum Gasteiger partial charge on any atom is -0.357 e. The predicted molar refractivity (Wildman–Crippen MR) is 96.3 cm³/mol. The number of amides is 1. The summed E-state index contributed by atoms with van der Waals surface area (Å²) in [5, 5.41) is 0. The lowest BCUT2D eigenvalue weighted by Gasteiger charge is -2.35. The molecule has 4 rings (SSSR count). The molecular formula is C19H27N5O. The van der Waals surface area contributed by atoms with Crippen molar-refractivity contribution in [3.63, 3.8) is 0 Å². The zero-order chi connectivity index (χ0) is 17.1. The van der Waals surface area contributed by atoms with E-state index in [1.165, 1.54) is 37.8 Å². The van der Waals surface area contributed by atoms with E-state index in [0.29, 0.717) is 11.7 Å². The number of nitrogens with one attached hydrogen (secondary N) is 1. The van der Waals surface area contributed by atoms with Gasteiger partial charge in [0.1, 0.15) is 5.69 Å². The molecule has 0 unspecified atom stereocenters. The summed E-state index contributed by atoms with van der Waals surface area (Å²) in [6.07, 6.45) is 12.4. The van der Waals surface area contributed by atoms with Gasteiger partial charge in [0, 0.05) is 51.2 Å². The topological polar surface area (TPSA) is 57.2 Å². The lowest BCUT2D eigenvalue weighted by molar-refractivity contribution is 0.0619. The van der Waals surface area contributed by atoms with Crippen LogP contribution in [-0.4, -0.2) is 56.4 Å². The Bertz CT molecular complexity index is 678. The van der Waals surface area contributed by atoms with E-state index in [-0.39, 0.29) is 5.91 Å². The molecule has 2 aromatic rings. The number of hydrogen-bond donors (Lipinski definition) is 1. The second-order valence-electron chi connectivity index (χ2n) is 7.24. The highest BCUT2D eigenvalue weighted by molar-refractivity contribution is 5.92. The molecule has 3 heterocycles. The van der Waals surface area contributed by atoms with E-state index in [1.54, 1.807) is 6.20 Å². The molecule has 1 N–H and O–H groups in total. The quantitative estimate of drug-likeness (QED) is 0.930. The summed E-state index contributed by atoms with van der Waals surface area (Å²) < 4.78 is 2.40. The highest BCUT2D eigenvalue weighted by atomic mass is 16.2. The van der Waals surface area contributed by atoms with E-state index in [4.69, 9.17) is 0 Å². The number of piperazine rings is 1. The third-order valence-corrected chi connectivity index (χ3v) is 5.59. The van der Waals surface area contributed by atoms with Crippen LogP contribution in [0.5, 0.6) is 0 Å². The Labute approximate surface area is 148 Å². The van der Waals surface area contributed by atoms with Gasteiger partial charge in [-0.3, -0.25) is 9.69 Å². The van der Waals surface area contributed by atoms with Gasteiger partial charge in [-0.05, 0) is 25.0 Å². The van der Waals surface area contributed by atoms with Gasteiger partial charge in [0.15, 0.2) is 0 Å². The first kappa shape index (κ1) is 16.4. The number of hydrogen-bond acceptors (Lipinski definition) is 3. The van der Waals surface area contributed by atoms with Crippen LogP contribution >= 0.6 is 0 Å².